The van der Waals surface area contributed by atoms with E-state index in [2.05, 4.69) is 5.32 Å². The predicted molar refractivity (Wildman–Crippen MR) is 74.4 cm³/mol. The second-order valence-corrected chi connectivity index (χ2v) is 5.11. The minimum Gasteiger partial charge on any atom is -0.478 e. The van der Waals surface area contributed by atoms with E-state index < -0.39 is 11.8 Å². The Morgan fingerprint density at radius 1 is 1.50 bits per heavy atom. The van der Waals surface area contributed by atoms with Gasteiger partial charge in [0.05, 0.1) is 11.3 Å². The normalized spacial score (nSPS) is 17.7. The molecule has 1 atom stereocenters. The summed E-state index contributed by atoms with van der Waals surface area (Å²) in [5.74, 6) is -1.32. The first-order chi connectivity index (χ1) is 9.49. The molecule has 0 radical (unpaired) electrons. The fourth-order valence-electron chi connectivity index (χ4n) is 2.46. The summed E-state index contributed by atoms with van der Waals surface area (Å²) in [5, 5.41) is 12.1. The van der Waals surface area contributed by atoms with Crippen molar-refractivity contribution in [1.82, 2.24) is 0 Å². The van der Waals surface area contributed by atoms with Gasteiger partial charge >= 0.3 is 5.97 Å². The molecular formula is C14H19FN2O3. The summed E-state index contributed by atoms with van der Waals surface area (Å²) in [6.45, 7) is 3.38. The molecule has 0 aliphatic carbocycles. The first-order valence-electron chi connectivity index (χ1n) is 6.65. The zero-order valence-electron chi connectivity index (χ0n) is 11.4. The van der Waals surface area contributed by atoms with Gasteiger partial charge in [-0.25, -0.2) is 9.18 Å². The van der Waals surface area contributed by atoms with Crippen LogP contribution in [-0.2, 0) is 4.74 Å². The molecule has 0 spiro atoms. The van der Waals surface area contributed by atoms with Crippen molar-refractivity contribution in [3.8, 4) is 0 Å². The van der Waals surface area contributed by atoms with E-state index in [0.717, 1.165) is 18.9 Å². The zero-order chi connectivity index (χ0) is 14.7. The van der Waals surface area contributed by atoms with Gasteiger partial charge < -0.3 is 20.9 Å². The number of anilines is 2. The molecule has 1 aliphatic rings. The van der Waals surface area contributed by atoms with Crippen molar-refractivity contribution in [2.45, 2.75) is 25.8 Å². The Bertz CT molecular complexity index is 501. The van der Waals surface area contributed by atoms with Crippen molar-refractivity contribution >= 4 is 17.3 Å². The monoisotopic (exact) mass is 282 g/mol. The Labute approximate surface area is 116 Å². The molecule has 0 saturated carbocycles. The first-order valence-corrected chi connectivity index (χ1v) is 6.65. The highest BCUT2D eigenvalue weighted by atomic mass is 19.1. The molecule has 2 rings (SSSR count). The third kappa shape index (κ3) is 3.19. The number of carboxylic acid groups (broad SMARTS) is 1. The minimum absolute atomic E-state index is 0.0404. The lowest BCUT2D eigenvalue weighted by molar-refractivity contribution is 0.0622. The highest BCUT2D eigenvalue weighted by Crippen LogP contribution is 2.26. The summed E-state index contributed by atoms with van der Waals surface area (Å²) < 4.78 is 19.2. The van der Waals surface area contributed by atoms with E-state index in [-0.39, 0.29) is 23.0 Å². The molecule has 4 N–H and O–H groups in total. The van der Waals surface area contributed by atoms with Gasteiger partial charge in [-0.1, -0.05) is 0 Å². The molecule has 1 aliphatic heterocycles. The van der Waals surface area contributed by atoms with Crippen LogP contribution in [0.1, 0.15) is 30.1 Å². The summed E-state index contributed by atoms with van der Waals surface area (Å²) in [7, 11) is 0. The number of ether oxygens (including phenoxy) is 1. The van der Waals surface area contributed by atoms with Crippen molar-refractivity contribution in [2.24, 2.45) is 5.92 Å². The Kier molecular flexibility index (Phi) is 4.44. The molecular weight excluding hydrogens is 263 g/mol. The Hall–Kier alpha value is -1.82. The van der Waals surface area contributed by atoms with Gasteiger partial charge in [-0.05, 0) is 37.8 Å². The van der Waals surface area contributed by atoms with Crippen LogP contribution in [0.4, 0.5) is 15.8 Å². The molecule has 1 fully saturated rings. The number of nitrogens with one attached hydrogen (secondary N) is 1. The molecule has 20 heavy (non-hydrogen) atoms. The largest absolute Gasteiger partial charge is 0.478 e. The maximum Gasteiger partial charge on any atom is 0.337 e. The van der Waals surface area contributed by atoms with Crippen LogP contribution in [0.3, 0.4) is 0 Å². The van der Waals surface area contributed by atoms with Crippen molar-refractivity contribution in [2.75, 3.05) is 24.3 Å². The van der Waals surface area contributed by atoms with Gasteiger partial charge in [-0.2, -0.15) is 0 Å². The number of benzene rings is 1. The van der Waals surface area contributed by atoms with Crippen molar-refractivity contribution in [1.29, 1.82) is 0 Å². The zero-order valence-corrected chi connectivity index (χ0v) is 11.4. The van der Waals surface area contributed by atoms with Crippen LogP contribution in [0.15, 0.2) is 12.1 Å². The number of hydrogen-bond acceptors (Lipinski definition) is 4. The maximum atomic E-state index is 13.9. The quantitative estimate of drug-likeness (QED) is 0.738. The number of carbonyl (C=O) groups is 1. The van der Waals surface area contributed by atoms with E-state index in [1.807, 2.05) is 6.92 Å². The lowest BCUT2D eigenvalue weighted by atomic mass is 9.92. The van der Waals surface area contributed by atoms with E-state index in [1.54, 1.807) is 0 Å². The molecule has 1 aromatic rings. The Morgan fingerprint density at radius 2 is 2.15 bits per heavy atom. The number of nitrogen functional groups attached to an aromatic ring is 1. The third-order valence-electron chi connectivity index (χ3n) is 3.73. The van der Waals surface area contributed by atoms with Crippen LogP contribution in [0.2, 0.25) is 0 Å². The first kappa shape index (κ1) is 14.6. The van der Waals surface area contributed by atoms with E-state index >= 15 is 0 Å². The highest BCUT2D eigenvalue weighted by Gasteiger charge is 2.22. The molecule has 110 valence electrons. The molecule has 1 aromatic carbocycles. The topological polar surface area (TPSA) is 84.6 Å². The van der Waals surface area contributed by atoms with Gasteiger partial charge in [0, 0.05) is 24.9 Å². The second kappa shape index (κ2) is 6.09. The molecule has 0 bridgehead atoms. The molecule has 1 heterocycles. The fraction of sp³-hybridized carbons (Fsp3) is 0.500. The van der Waals surface area contributed by atoms with E-state index in [1.165, 1.54) is 6.07 Å². The van der Waals surface area contributed by atoms with Gasteiger partial charge in [0.2, 0.25) is 0 Å². The van der Waals surface area contributed by atoms with Crippen LogP contribution in [0.25, 0.3) is 0 Å². The summed E-state index contributed by atoms with van der Waals surface area (Å²) in [4.78, 5) is 11.0. The lowest BCUT2D eigenvalue weighted by Gasteiger charge is -2.29. The molecule has 6 heteroatoms. The molecule has 1 saturated heterocycles. The average Bonchev–Trinajstić information content (AvgIpc) is 2.42. The van der Waals surface area contributed by atoms with Crippen molar-refractivity contribution in [3.63, 3.8) is 0 Å². The Morgan fingerprint density at radius 3 is 2.75 bits per heavy atom. The van der Waals surface area contributed by atoms with E-state index in [9.17, 15) is 9.18 Å². The highest BCUT2D eigenvalue weighted by molar-refractivity contribution is 5.94. The summed E-state index contributed by atoms with van der Waals surface area (Å²) >= 11 is 0. The number of halogens is 1. The fourth-order valence-corrected chi connectivity index (χ4v) is 2.46. The van der Waals surface area contributed by atoms with Gasteiger partial charge in [0.25, 0.3) is 0 Å². The summed E-state index contributed by atoms with van der Waals surface area (Å²) in [6.07, 6.45) is 1.83. The summed E-state index contributed by atoms with van der Waals surface area (Å²) in [6, 6.07) is 2.34. The molecule has 0 amide bonds. The number of aromatic carboxylic acids is 1. The predicted octanol–water partition coefficient (Wildman–Crippen LogP) is 2.33. The molecule has 5 nitrogen and oxygen atoms in total. The summed E-state index contributed by atoms with van der Waals surface area (Å²) in [5.41, 5.74) is 5.52. The minimum atomic E-state index is -1.16. The van der Waals surface area contributed by atoms with Gasteiger partial charge in [0.15, 0.2) is 0 Å². The van der Waals surface area contributed by atoms with Crippen molar-refractivity contribution < 1.29 is 19.0 Å². The number of nitrogens with two attached hydrogens (primary N) is 1. The number of hydrogen-bond donors (Lipinski definition) is 3. The van der Waals surface area contributed by atoms with Crippen LogP contribution >= 0.6 is 0 Å². The van der Waals surface area contributed by atoms with E-state index in [4.69, 9.17) is 15.6 Å². The van der Waals surface area contributed by atoms with Crippen molar-refractivity contribution in [3.05, 3.63) is 23.5 Å². The van der Waals surface area contributed by atoms with Crippen LogP contribution in [0, 0.1) is 11.7 Å². The lowest BCUT2D eigenvalue weighted by Crippen LogP contribution is -2.31. The molecule has 0 aromatic heterocycles. The number of carboxylic acids is 1. The van der Waals surface area contributed by atoms with Gasteiger partial charge in [-0.15, -0.1) is 0 Å². The molecule has 1 unspecified atom stereocenters. The number of rotatable bonds is 4. The standard InChI is InChI=1S/C14H19FN2O3/c1-8(9-2-4-20-5-3-9)17-13-6-10(14(18)19)12(16)7-11(13)15/h6-9,17H,2-5,16H2,1H3,(H,18,19). The van der Waals surface area contributed by atoms with Crippen LogP contribution in [-0.4, -0.2) is 30.3 Å². The maximum absolute atomic E-state index is 13.9. The second-order valence-electron chi connectivity index (χ2n) is 5.11. The van der Waals surface area contributed by atoms with E-state index in [0.29, 0.717) is 19.1 Å². The third-order valence-corrected chi connectivity index (χ3v) is 3.73. The van der Waals surface area contributed by atoms with Gasteiger partial charge in [0.1, 0.15) is 5.82 Å². The smallest absolute Gasteiger partial charge is 0.337 e. The average molecular weight is 282 g/mol. The Balaban J connectivity index is 2.15. The SMILES string of the molecule is CC(Nc1cc(C(=O)O)c(N)cc1F)C1CCOCC1. The van der Waals surface area contributed by atoms with Crippen LogP contribution < -0.4 is 11.1 Å². The van der Waals surface area contributed by atoms with Crippen LogP contribution in [0.5, 0.6) is 0 Å². The van der Waals surface area contributed by atoms with Gasteiger partial charge in [-0.3, -0.25) is 0 Å².